The summed E-state index contributed by atoms with van der Waals surface area (Å²) in [6.07, 6.45) is 11.3. The van der Waals surface area contributed by atoms with Crippen LogP contribution in [-0.2, 0) is 9.47 Å². The van der Waals surface area contributed by atoms with E-state index < -0.39 is 0 Å². The molecule has 3 nitrogen and oxygen atoms in total. The average molecular weight is 254 g/mol. The van der Waals surface area contributed by atoms with Crippen LogP contribution in [0.4, 0.5) is 0 Å². The second kappa shape index (κ2) is 5.48. The molecule has 104 valence electrons. The van der Waals surface area contributed by atoms with Crippen molar-refractivity contribution in [1.82, 2.24) is 0 Å². The van der Waals surface area contributed by atoms with Gasteiger partial charge < -0.3 is 14.6 Å². The number of hydrogen-bond acceptors (Lipinski definition) is 3. The molecule has 1 N–H and O–H groups in total. The van der Waals surface area contributed by atoms with E-state index in [4.69, 9.17) is 9.47 Å². The number of rotatable bonds is 4. The molecule has 0 bridgehead atoms. The van der Waals surface area contributed by atoms with E-state index in [-0.39, 0.29) is 18.0 Å². The Labute approximate surface area is 110 Å². The van der Waals surface area contributed by atoms with Gasteiger partial charge in [0.1, 0.15) is 0 Å². The minimum atomic E-state index is -0.261. The molecule has 1 saturated heterocycles. The number of hydrogen-bond donors (Lipinski definition) is 1. The van der Waals surface area contributed by atoms with Crippen molar-refractivity contribution in [3.05, 3.63) is 0 Å². The SMILES string of the molecule is OC(C1CCCCC1)C1(OC2CCCCO2)CC1. The predicted molar refractivity (Wildman–Crippen MR) is 69.2 cm³/mol. The molecule has 2 aliphatic carbocycles. The molecule has 0 amide bonds. The van der Waals surface area contributed by atoms with E-state index in [1.165, 1.54) is 38.5 Å². The lowest BCUT2D eigenvalue weighted by molar-refractivity contribution is -0.224. The highest BCUT2D eigenvalue weighted by Gasteiger charge is 2.54. The minimum absolute atomic E-state index is 0.0560. The van der Waals surface area contributed by atoms with Crippen molar-refractivity contribution >= 4 is 0 Å². The molecule has 1 aliphatic heterocycles. The molecule has 2 saturated carbocycles. The van der Waals surface area contributed by atoms with Crippen molar-refractivity contribution in [3.8, 4) is 0 Å². The fraction of sp³-hybridized carbons (Fsp3) is 1.00. The van der Waals surface area contributed by atoms with Gasteiger partial charge in [-0.25, -0.2) is 0 Å². The molecule has 0 aromatic rings. The Bertz CT molecular complexity index is 263. The van der Waals surface area contributed by atoms with Gasteiger partial charge in [-0.05, 0) is 50.9 Å². The Hall–Kier alpha value is -0.120. The van der Waals surface area contributed by atoms with Crippen LogP contribution >= 0.6 is 0 Å². The van der Waals surface area contributed by atoms with Gasteiger partial charge in [0.2, 0.25) is 0 Å². The summed E-state index contributed by atoms with van der Waals surface area (Å²) in [6, 6.07) is 0. The molecule has 0 aromatic heterocycles. The lowest BCUT2D eigenvalue weighted by atomic mass is 9.82. The first kappa shape index (κ1) is 12.9. The van der Waals surface area contributed by atoms with Gasteiger partial charge >= 0.3 is 0 Å². The van der Waals surface area contributed by atoms with Crippen LogP contribution in [-0.4, -0.2) is 29.7 Å². The summed E-state index contributed by atoms with van der Waals surface area (Å²) in [7, 11) is 0. The fourth-order valence-corrected chi connectivity index (χ4v) is 3.55. The maximum Gasteiger partial charge on any atom is 0.158 e. The zero-order valence-corrected chi connectivity index (χ0v) is 11.3. The van der Waals surface area contributed by atoms with E-state index in [0.29, 0.717) is 5.92 Å². The second-order valence-corrected chi connectivity index (χ2v) is 6.32. The van der Waals surface area contributed by atoms with Gasteiger partial charge in [-0.1, -0.05) is 19.3 Å². The van der Waals surface area contributed by atoms with Gasteiger partial charge in [0.05, 0.1) is 11.7 Å². The average Bonchev–Trinajstić information content (AvgIpc) is 3.21. The van der Waals surface area contributed by atoms with Crippen LogP contribution < -0.4 is 0 Å². The zero-order chi connectivity index (χ0) is 12.4. The maximum atomic E-state index is 10.6. The molecule has 3 aliphatic rings. The summed E-state index contributed by atoms with van der Waals surface area (Å²) in [4.78, 5) is 0. The third kappa shape index (κ3) is 2.73. The topological polar surface area (TPSA) is 38.7 Å². The van der Waals surface area contributed by atoms with Crippen molar-refractivity contribution in [2.24, 2.45) is 5.92 Å². The summed E-state index contributed by atoms with van der Waals surface area (Å²) in [6.45, 7) is 0.820. The predicted octanol–water partition coefficient (Wildman–Crippen LogP) is 3.00. The molecular weight excluding hydrogens is 228 g/mol. The smallest absolute Gasteiger partial charge is 0.158 e. The second-order valence-electron chi connectivity index (χ2n) is 6.32. The van der Waals surface area contributed by atoms with Crippen LogP contribution in [0.15, 0.2) is 0 Å². The van der Waals surface area contributed by atoms with Gasteiger partial charge in [0.25, 0.3) is 0 Å². The molecule has 3 fully saturated rings. The van der Waals surface area contributed by atoms with Gasteiger partial charge in [-0.15, -0.1) is 0 Å². The first-order valence-electron chi connectivity index (χ1n) is 7.78. The van der Waals surface area contributed by atoms with Crippen LogP contribution in [0.5, 0.6) is 0 Å². The van der Waals surface area contributed by atoms with E-state index in [2.05, 4.69) is 0 Å². The van der Waals surface area contributed by atoms with Crippen LogP contribution in [0.3, 0.4) is 0 Å². The highest BCUT2D eigenvalue weighted by Crippen LogP contribution is 2.48. The third-order valence-corrected chi connectivity index (χ3v) is 4.88. The third-order valence-electron chi connectivity index (χ3n) is 4.88. The van der Waals surface area contributed by atoms with E-state index in [1.54, 1.807) is 0 Å². The largest absolute Gasteiger partial charge is 0.390 e. The highest BCUT2D eigenvalue weighted by molar-refractivity contribution is 5.04. The van der Waals surface area contributed by atoms with Gasteiger partial charge in [-0.2, -0.15) is 0 Å². The van der Waals surface area contributed by atoms with Crippen molar-refractivity contribution in [1.29, 1.82) is 0 Å². The molecule has 0 radical (unpaired) electrons. The van der Waals surface area contributed by atoms with Crippen LogP contribution in [0.2, 0.25) is 0 Å². The first-order chi connectivity index (χ1) is 8.80. The van der Waals surface area contributed by atoms with Crippen molar-refractivity contribution in [2.75, 3.05) is 6.61 Å². The van der Waals surface area contributed by atoms with E-state index in [0.717, 1.165) is 32.3 Å². The highest BCUT2D eigenvalue weighted by atomic mass is 16.7. The number of ether oxygens (including phenoxy) is 2. The molecule has 0 aromatic carbocycles. The Morgan fingerprint density at radius 3 is 2.33 bits per heavy atom. The maximum absolute atomic E-state index is 10.6. The normalized spacial score (nSPS) is 34.2. The van der Waals surface area contributed by atoms with E-state index in [9.17, 15) is 5.11 Å². The minimum Gasteiger partial charge on any atom is -0.390 e. The van der Waals surface area contributed by atoms with Crippen LogP contribution in [0, 0.1) is 5.92 Å². The molecule has 2 atom stereocenters. The Morgan fingerprint density at radius 2 is 1.72 bits per heavy atom. The van der Waals surface area contributed by atoms with Gasteiger partial charge in [0, 0.05) is 6.61 Å². The molecule has 2 unspecified atom stereocenters. The first-order valence-corrected chi connectivity index (χ1v) is 7.78. The van der Waals surface area contributed by atoms with Crippen molar-refractivity contribution in [3.63, 3.8) is 0 Å². The van der Waals surface area contributed by atoms with E-state index in [1.807, 2.05) is 0 Å². The quantitative estimate of drug-likeness (QED) is 0.838. The standard InChI is InChI=1S/C15H26O3/c16-14(12-6-2-1-3-7-12)15(9-10-15)18-13-8-4-5-11-17-13/h12-14,16H,1-11H2. The molecule has 1 heterocycles. The summed E-state index contributed by atoms with van der Waals surface area (Å²) in [5.74, 6) is 0.463. The fourth-order valence-electron chi connectivity index (χ4n) is 3.55. The van der Waals surface area contributed by atoms with Gasteiger partial charge in [-0.3, -0.25) is 0 Å². The molecule has 3 heteroatoms. The summed E-state index contributed by atoms with van der Waals surface area (Å²) < 4.78 is 11.8. The lowest BCUT2D eigenvalue weighted by Crippen LogP contribution is -2.42. The number of aliphatic hydroxyl groups excluding tert-OH is 1. The number of aliphatic hydroxyl groups is 1. The van der Waals surface area contributed by atoms with E-state index >= 15 is 0 Å². The monoisotopic (exact) mass is 254 g/mol. The van der Waals surface area contributed by atoms with Crippen LogP contribution in [0.1, 0.15) is 64.2 Å². The molecule has 3 rings (SSSR count). The zero-order valence-electron chi connectivity index (χ0n) is 11.3. The molecular formula is C15H26O3. The summed E-state index contributed by atoms with van der Waals surface area (Å²) in [5.41, 5.74) is -0.246. The molecule has 0 spiro atoms. The van der Waals surface area contributed by atoms with Crippen molar-refractivity contribution < 1.29 is 14.6 Å². The van der Waals surface area contributed by atoms with Crippen LogP contribution in [0.25, 0.3) is 0 Å². The lowest BCUT2D eigenvalue weighted by Gasteiger charge is -2.35. The van der Waals surface area contributed by atoms with Gasteiger partial charge in [0.15, 0.2) is 6.29 Å². The summed E-state index contributed by atoms with van der Waals surface area (Å²) >= 11 is 0. The summed E-state index contributed by atoms with van der Waals surface area (Å²) in [5, 5.41) is 10.6. The molecule has 18 heavy (non-hydrogen) atoms. The Balaban J connectivity index is 1.55. The Kier molecular flexibility index (Phi) is 3.92. The Morgan fingerprint density at radius 1 is 1.00 bits per heavy atom. The van der Waals surface area contributed by atoms with Crippen molar-refractivity contribution in [2.45, 2.75) is 82.2 Å².